The normalized spacial score (nSPS) is 13.2. The number of aliphatic hydroxyl groups is 1. The quantitative estimate of drug-likeness (QED) is 0.748. The molecule has 0 radical (unpaired) electrons. The molecule has 20 heavy (non-hydrogen) atoms. The number of carbonyl (C=O) groups excluding carboxylic acids is 1. The average molecular weight is 298 g/mol. The van der Waals surface area contributed by atoms with Gasteiger partial charge in [0, 0.05) is 0 Å². The smallest absolute Gasteiger partial charge is 0.385 e. The van der Waals surface area contributed by atoms with Gasteiger partial charge in [0.25, 0.3) is 6.43 Å². The van der Waals surface area contributed by atoms with E-state index in [4.69, 9.17) is 5.11 Å². The highest BCUT2D eigenvalue weighted by Crippen LogP contribution is 2.34. The van der Waals surface area contributed by atoms with E-state index in [-0.39, 0.29) is 0 Å². The Morgan fingerprint density at radius 3 is 2.40 bits per heavy atom. The molecule has 0 aliphatic rings. The lowest BCUT2D eigenvalue weighted by Crippen LogP contribution is -2.38. The highest BCUT2D eigenvalue weighted by atomic mass is 19.4. The van der Waals surface area contributed by atoms with Gasteiger partial charge in [-0.25, -0.2) is 13.6 Å². The van der Waals surface area contributed by atoms with Gasteiger partial charge in [-0.15, -0.1) is 0 Å². The second-order valence-electron chi connectivity index (χ2n) is 3.78. The summed E-state index contributed by atoms with van der Waals surface area (Å²) in [6.07, 6.45) is -9.80. The van der Waals surface area contributed by atoms with Crippen LogP contribution in [0.4, 0.5) is 32.4 Å². The molecule has 0 aliphatic heterocycles. The summed E-state index contributed by atoms with van der Waals surface area (Å²) >= 11 is 0. The minimum Gasteiger partial charge on any atom is -0.385 e. The first-order chi connectivity index (χ1) is 9.21. The third kappa shape index (κ3) is 4.65. The topological polar surface area (TPSA) is 61.4 Å². The van der Waals surface area contributed by atoms with E-state index in [1.165, 1.54) is 6.07 Å². The molecule has 0 aromatic heterocycles. The maximum atomic E-state index is 12.6. The standard InChI is InChI=1S/C11H11F5N2O2/c12-9(13)8(19)5-17-10(20)18-7-4-2-1-3-6(7)11(14,15)16/h1-4,8-9,19H,5H2,(H2,17,18,20). The summed E-state index contributed by atoms with van der Waals surface area (Å²) in [5.41, 5.74) is -1.58. The summed E-state index contributed by atoms with van der Waals surface area (Å²) in [4.78, 5) is 11.3. The van der Waals surface area contributed by atoms with E-state index in [1.54, 1.807) is 0 Å². The number of anilines is 1. The van der Waals surface area contributed by atoms with Gasteiger partial charge < -0.3 is 15.7 Å². The number of hydrogen-bond acceptors (Lipinski definition) is 2. The van der Waals surface area contributed by atoms with Crippen LogP contribution in [-0.4, -0.2) is 30.2 Å². The third-order valence-electron chi connectivity index (χ3n) is 2.24. The molecule has 2 amide bonds. The molecule has 1 atom stereocenters. The number of benzene rings is 1. The van der Waals surface area contributed by atoms with Gasteiger partial charge in [0.1, 0.15) is 6.10 Å². The van der Waals surface area contributed by atoms with E-state index < -0.39 is 42.5 Å². The van der Waals surface area contributed by atoms with Crippen molar-refractivity contribution >= 4 is 11.7 Å². The molecule has 4 nitrogen and oxygen atoms in total. The van der Waals surface area contributed by atoms with Crippen molar-refractivity contribution in [3.05, 3.63) is 29.8 Å². The molecule has 1 aromatic carbocycles. The molecule has 0 spiro atoms. The van der Waals surface area contributed by atoms with Crippen molar-refractivity contribution in [2.24, 2.45) is 0 Å². The van der Waals surface area contributed by atoms with Crippen molar-refractivity contribution in [2.75, 3.05) is 11.9 Å². The van der Waals surface area contributed by atoms with Gasteiger partial charge in [-0.05, 0) is 12.1 Å². The number of rotatable bonds is 4. The van der Waals surface area contributed by atoms with Crippen LogP contribution in [0.1, 0.15) is 5.56 Å². The van der Waals surface area contributed by atoms with Crippen LogP contribution in [-0.2, 0) is 6.18 Å². The Labute approximate surface area is 110 Å². The molecular weight excluding hydrogens is 287 g/mol. The molecule has 0 saturated carbocycles. The van der Waals surface area contributed by atoms with Crippen LogP contribution >= 0.6 is 0 Å². The SMILES string of the molecule is O=C(NCC(O)C(F)F)Nc1ccccc1C(F)(F)F. The fraction of sp³-hybridized carbons (Fsp3) is 0.364. The van der Waals surface area contributed by atoms with Crippen LogP contribution in [0, 0.1) is 0 Å². The first kappa shape index (κ1) is 16.2. The Morgan fingerprint density at radius 1 is 1.25 bits per heavy atom. The number of alkyl halides is 5. The number of halogens is 5. The van der Waals surface area contributed by atoms with Crippen molar-refractivity contribution in [1.29, 1.82) is 0 Å². The fourth-order valence-corrected chi connectivity index (χ4v) is 1.29. The van der Waals surface area contributed by atoms with Gasteiger partial charge in [0.2, 0.25) is 0 Å². The van der Waals surface area contributed by atoms with E-state index in [9.17, 15) is 26.7 Å². The van der Waals surface area contributed by atoms with Crippen molar-refractivity contribution in [2.45, 2.75) is 18.7 Å². The van der Waals surface area contributed by atoms with Crippen LogP contribution in [0.2, 0.25) is 0 Å². The Kier molecular flexibility index (Phi) is 5.26. The summed E-state index contributed by atoms with van der Waals surface area (Å²) in [7, 11) is 0. The molecule has 0 aliphatic carbocycles. The minimum absolute atomic E-state index is 0.510. The Bertz CT molecular complexity index is 464. The summed E-state index contributed by atoms with van der Waals surface area (Å²) in [5, 5.41) is 12.5. The monoisotopic (exact) mass is 298 g/mol. The second-order valence-corrected chi connectivity index (χ2v) is 3.78. The maximum absolute atomic E-state index is 12.6. The molecular formula is C11H11F5N2O2. The largest absolute Gasteiger partial charge is 0.418 e. The maximum Gasteiger partial charge on any atom is 0.418 e. The summed E-state index contributed by atoms with van der Waals surface area (Å²) < 4.78 is 61.7. The van der Waals surface area contributed by atoms with Gasteiger partial charge in [0.15, 0.2) is 0 Å². The molecule has 0 bridgehead atoms. The van der Waals surface area contributed by atoms with Crippen LogP contribution in [0.3, 0.4) is 0 Å². The van der Waals surface area contributed by atoms with Gasteiger partial charge in [-0.3, -0.25) is 0 Å². The van der Waals surface area contributed by atoms with Crippen molar-refractivity contribution < 1.29 is 31.9 Å². The van der Waals surface area contributed by atoms with Crippen LogP contribution in [0.25, 0.3) is 0 Å². The van der Waals surface area contributed by atoms with Crippen LogP contribution in [0.15, 0.2) is 24.3 Å². The molecule has 9 heteroatoms. The van der Waals surface area contributed by atoms with Gasteiger partial charge in [-0.2, -0.15) is 13.2 Å². The van der Waals surface area contributed by atoms with E-state index in [0.29, 0.717) is 0 Å². The zero-order valence-corrected chi connectivity index (χ0v) is 9.92. The van der Waals surface area contributed by atoms with Crippen molar-refractivity contribution in [1.82, 2.24) is 5.32 Å². The summed E-state index contributed by atoms with van der Waals surface area (Å²) in [6, 6.07) is 3.09. The van der Waals surface area contributed by atoms with E-state index >= 15 is 0 Å². The lowest BCUT2D eigenvalue weighted by atomic mass is 10.1. The van der Waals surface area contributed by atoms with Gasteiger partial charge in [0.05, 0.1) is 17.8 Å². The first-order valence-electron chi connectivity index (χ1n) is 5.39. The summed E-state index contributed by atoms with van der Waals surface area (Å²) in [6.45, 7) is -0.780. The lowest BCUT2D eigenvalue weighted by Gasteiger charge is -2.15. The number of carbonyl (C=O) groups is 1. The highest BCUT2D eigenvalue weighted by Gasteiger charge is 2.33. The first-order valence-corrected chi connectivity index (χ1v) is 5.39. The lowest BCUT2D eigenvalue weighted by molar-refractivity contribution is -0.136. The fourth-order valence-electron chi connectivity index (χ4n) is 1.29. The highest BCUT2D eigenvalue weighted by molar-refractivity contribution is 5.90. The minimum atomic E-state index is -4.66. The Morgan fingerprint density at radius 2 is 1.85 bits per heavy atom. The zero-order valence-electron chi connectivity index (χ0n) is 9.92. The third-order valence-corrected chi connectivity index (χ3v) is 2.24. The molecule has 1 unspecified atom stereocenters. The number of hydrogen-bond donors (Lipinski definition) is 3. The molecule has 1 rings (SSSR count). The number of aliphatic hydroxyl groups excluding tert-OH is 1. The molecule has 0 heterocycles. The van der Waals surface area contributed by atoms with E-state index in [2.05, 4.69) is 0 Å². The van der Waals surface area contributed by atoms with Gasteiger partial charge >= 0.3 is 12.2 Å². The van der Waals surface area contributed by atoms with Crippen molar-refractivity contribution in [3.8, 4) is 0 Å². The van der Waals surface area contributed by atoms with Crippen molar-refractivity contribution in [3.63, 3.8) is 0 Å². The van der Waals surface area contributed by atoms with E-state index in [1.807, 2.05) is 10.6 Å². The molecule has 0 saturated heterocycles. The summed E-state index contributed by atoms with van der Waals surface area (Å²) in [5.74, 6) is 0. The van der Waals surface area contributed by atoms with E-state index in [0.717, 1.165) is 18.2 Å². The van der Waals surface area contributed by atoms with Crippen LogP contribution in [0.5, 0.6) is 0 Å². The zero-order chi connectivity index (χ0) is 15.3. The Balaban J connectivity index is 2.67. The molecule has 0 fully saturated rings. The molecule has 1 aromatic rings. The Hall–Kier alpha value is -1.90. The number of amides is 2. The average Bonchev–Trinajstić information content (AvgIpc) is 2.35. The molecule has 112 valence electrons. The predicted octanol–water partition coefficient (Wildman–Crippen LogP) is 2.45. The predicted molar refractivity (Wildman–Crippen MR) is 60.5 cm³/mol. The molecule has 3 N–H and O–H groups in total. The van der Waals surface area contributed by atoms with Crippen LogP contribution < -0.4 is 10.6 Å². The van der Waals surface area contributed by atoms with Gasteiger partial charge in [-0.1, -0.05) is 12.1 Å². The number of urea groups is 1. The number of nitrogens with one attached hydrogen (secondary N) is 2. The second kappa shape index (κ2) is 6.51. The number of para-hydroxylation sites is 1.